The summed E-state index contributed by atoms with van der Waals surface area (Å²) in [6.45, 7) is 1.73. The van der Waals surface area contributed by atoms with E-state index in [1.165, 1.54) is 0 Å². The van der Waals surface area contributed by atoms with E-state index in [1.54, 1.807) is 18.2 Å². The molecule has 1 aliphatic heterocycles. The maximum atomic E-state index is 12.3. The van der Waals surface area contributed by atoms with Crippen molar-refractivity contribution < 1.29 is 14.3 Å². The number of benzene rings is 2. The van der Waals surface area contributed by atoms with Crippen molar-refractivity contribution in [2.45, 2.75) is 13.0 Å². The fourth-order valence-electron chi connectivity index (χ4n) is 2.27. The normalized spacial score (nSPS) is 13.3. The lowest BCUT2D eigenvalue weighted by Crippen LogP contribution is -2.23. The van der Waals surface area contributed by atoms with E-state index in [9.17, 15) is 4.79 Å². The molecule has 0 spiro atoms. The van der Waals surface area contributed by atoms with Crippen molar-refractivity contribution in [2.24, 2.45) is 0 Å². The van der Waals surface area contributed by atoms with E-state index >= 15 is 0 Å². The SMILES string of the molecule is O=C(NCc1ccc2c(c1)OCCCO2)c1ccc(Cl)cc1I. The van der Waals surface area contributed by atoms with Crippen LogP contribution in [0.5, 0.6) is 11.5 Å². The van der Waals surface area contributed by atoms with Crippen LogP contribution in [0.2, 0.25) is 5.02 Å². The second kappa shape index (κ2) is 7.40. The Bertz CT molecular complexity index is 736. The van der Waals surface area contributed by atoms with Crippen molar-refractivity contribution in [1.82, 2.24) is 5.32 Å². The fraction of sp³-hybridized carbons (Fsp3) is 0.235. The van der Waals surface area contributed by atoms with Gasteiger partial charge in [-0.05, 0) is 58.5 Å². The molecule has 0 aromatic heterocycles. The predicted octanol–water partition coefficient (Wildman–Crippen LogP) is 4.04. The number of amides is 1. The second-order valence-electron chi connectivity index (χ2n) is 5.14. The Morgan fingerprint density at radius 1 is 1.13 bits per heavy atom. The maximum Gasteiger partial charge on any atom is 0.252 e. The Labute approximate surface area is 153 Å². The van der Waals surface area contributed by atoms with Gasteiger partial charge >= 0.3 is 0 Å². The van der Waals surface area contributed by atoms with Crippen LogP contribution in [-0.4, -0.2) is 19.1 Å². The van der Waals surface area contributed by atoms with Crippen LogP contribution in [0.4, 0.5) is 0 Å². The lowest BCUT2D eigenvalue weighted by atomic mass is 10.1. The molecular formula is C17H15ClINO3. The standard InChI is InChI=1S/C17H15ClINO3/c18-12-3-4-13(14(19)9-12)17(21)20-10-11-2-5-15-16(8-11)23-7-1-6-22-15/h2-5,8-9H,1,6-7,10H2,(H,20,21). The van der Waals surface area contributed by atoms with Gasteiger partial charge in [0, 0.05) is 21.6 Å². The van der Waals surface area contributed by atoms with E-state index in [1.807, 2.05) is 18.2 Å². The minimum Gasteiger partial charge on any atom is -0.490 e. The predicted molar refractivity (Wildman–Crippen MR) is 97.4 cm³/mol. The van der Waals surface area contributed by atoms with Crippen molar-refractivity contribution in [3.63, 3.8) is 0 Å². The Morgan fingerprint density at radius 2 is 1.91 bits per heavy atom. The van der Waals surface area contributed by atoms with Crippen LogP contribution in [0.3, 0.4) is 0 Å². The largest absolute Gasteiger partial charge is 0.490 e. The molecule has 0 saturated heterocycles. The summed E-state index contributed by atoms with van der Waals surface area (Å²) in [6, 6.07) is 10.9. The number of fused-ring (bicyclic) bond motifs is 1. The van der Waals surface area contributed by atoms with Gasteiger partial charge in [-0.3, -0.25) is 4.79 Å². The fourth-order valence-corrected chi connectivity index (χ4v) is 3.39. The zero-order valence-corrected chi connectivity index (χ0v) is 15.2. The van der Waals surface area contributed by atoms with Crippen LogP contribution in [0.15, 0.2) is 36.4 Å². The first-order valence-electron chi connectivity index (χ1n) is 7.25. The summed E-state index contributed by atoms with van der Waals surface area (Å²) in [6.07, 6.45) is 0.871. The summed E-state index contributed by atoms with van der Waals surface area (Å²) < 4.78 is 12.1. The first-order valence-corrected chi connectivity index (χ1v) is 8.71. The van der Waals surface area contributed by atoms with E-state index in [2.05, 4.69) is 27.9 Å². The van der Waals surface area contributed by atoms with Crippen molar-refractivity contribution in [1.29, 1.82) is 0 Å². The molecule has 6 heteroatoms. The topological polar surface area (TPSA) is 47.6 Å². The number of carbonyl (C=O) groups excluding carboxylic acids is 1. The van der Waals surface area contributed by atoms with Gasteiger partial charge in [0.25, 0.3) is 5.91 Å². The molecule has 1 N–H and O–H groups in total. The third-order valence-electron chi connectivity index (χ3n) is 3.44. The summed E-state index contributed by atoms with van der Waals surface area (Å²) in [5, 5.41) is 3.53. The molecule has 3 rings (SSSR count). The lowest BCUT2D eigenvalue weighted by Gasteiger charge is -2.11. The van der Waals surface area contributed by atoms with Gasteiger partial charge in [-0.15, -0.1) is 0 Å². The molecule has 0 saturated carbocycles. The zero-order chi connectivity index (χ0) is 16.2. The number of hydrogen-bond acceptors (Lipinski definition) is 3. The molecule has 0 bridgehead atoms. The van der Waals surface area contributed by atoms with Gasteiger partial charge in [-0.1, -0.05) is 17.7 Å². The van der Waals surface area contributed by atoms with E-state index in [0.717, 1.165) is 27.1 Å². The van der Waals surface area contributed by atoms with Gasteiger partial charge in [-0.2, -0.15) is 0 Å². The van der Waals surface area contributed by atoms with E-state index in [4.69, 9.17) is 21.1 Å². The Balaban J connectivity index is 1.68. The first kappa shape index (κ1) is 16.4. The molecule has 0 unspecified atom stereocenters. The van der Waals surface area contributed by atoms with Crippen LogP contribution in [0, 0.1) is 3.57 Å². The third kappa shape index (κ3) is 4.09. The van der Waals surface area contributed by atoms with Gasteiger partial charge in [0.05, 0.1) is 18.8 Å². The first-order chi connectivity index (χ1) is 11.1. The smallest absolute Gasteiger partial charge is 0.252 e. The van der Waals surface area contributed by atoms with Crippen molar-refractivity contribution in [2.75, 3.05) is 13.2 Å². The maximum absolute atomic E-state index is 12.3. The zero-order valence-electron chi connectivity index (χ0n) is 12.3. The summed E-state index contributed by atoms with van der Waals surface area (Å²) in [7, 11) is 0. The molecule has 0 atom stereocenters. The molecule has 120 valence electrons. The van der Waals surface area contributed by atoms with E-state index in [0.29, 0.717) is 30.3 Å². The summed E-state index contributed by atoms with van der Waals surface area (Å²) in [5.41, 5.74) is 1.58. The molecule has 4 nitrogen and oxygen atoms in total. The average Bonchev–Trinajstić information content (AvgIpc) is 2.77. The molecule has 23 heavy (non-hydrogen) atoms. The lowest BCUT2D eigenvalue weighted by molar-refractivity contribution is 0.0950. The Kier molecular flexibility index (Phi) is 5.27. The monoisotopic (exact) mass is 443 g/mol. The third-order valence-corrected chi connectivity index (χ3v) is 4.57. The number of hydrogen-bond donors (Lipinski definition) is 1. The second-order valence-corrected chi connectivity index (χ2v) is 6.74. The molecule has 2 aromatic rings. The number of rotatable bonds is 3. The summed E-state index contributed by atoms with van der Waals surface area (Å²) >= 11 is 8.02. The van der Waals surface area contributed by atoms with Crippen LogP contribution < -0.4 is 14.8 Å². The Hall–Kier alpha value is -1.47. The highest BCUT2D eigenvalue weighted by Gasteiger charge is 2.13. The number of nitrogens with one attached hydrogen (secondary N) is 1. The minimum atomic E-state index is -0.127. The molecule has 1 amide bonds. The van der Waals surface area contributed by atoms with Crippen molar-refractivity contribution >= 4 is 40.1 Å². The van der Waals surface area contributed by atoms with Crippen LogP contribution in [0.25, 0.3) is 0 Å². The molecule has 0 radical (unpaired) electrons. The van der Waals surface area contributed by atoms with Gasteiger partial charge in [-0.25, -0.2) is 0 Å². The summed E-state index contributed by atoms with van der Waals surface area (Å²) in [4.78, 5) is 12.3. The summed E-state index contributed by atoms with van der Waals surface area (Å²) in [5.74, 6) is 1.36. The Morgan fingerprint density at radius 3 is 2.70 bits per heavy atom. The minimum absolute atomic E-state index is 0.127. The van der Waals surface area contributed by atoms with Gasteiger partial charge < -0.3 is 14.8 Å². The van der Waals surface area contributed by atoms with Crippen molar-refractivity contribution in [3.05, 3.63) is 56.1 Å². The van der Waals surface area contributed by atoms with Gasteiger partial charge in [0.2, 0.25) is 0 Å². The van der Waals surface area contributed by atoms with E-state index in [-0.39, 0.29) is 5.91 Å². The number of ether oxygens (including phenoxy) is 2. The molecule has 0 fully saturated rings. The molecule has 2 aromatic carbocycles. The number of carbonyl (C=O) groups is 1. The quantitative estimate of drug-likeness (QED) is 0.729. The number of halogens is 2. The van der Waals surface area contributed by atoms with Crippen LogP contribution >= 0.6 is 34.2 Å². The average molecular weight is 444 g/mol. The van der Waals surface area contributed by atoms with Crippen LogP contribution in [-0.2, 0) is 6.54 Å². The van der Waals surface area contributed by atoms with Gasteiger partial charge in [0.1, 0.15) is 0 Å². The molecule has 1 heterocycles. The highest BCUT2D eigenvalue weighted by molar-refractivity contribution is 14.1. The molecule has 1 aliphatic rings. The van der Waals surface area contributed by atoms with E-state index < -0.39 is 0 Å². The highest BCUT2D eigenvalue weighted by Crippen LogP contribution is 2.30. The van der Waals surface area contributed by atoms with Crippen LogP contribution in [0.1, 0.15) is 22.3 Å². The highest BCUT2D eigenvalue weighted by atomic mass is 127. The van der Waals surface area contributed by atoms with Gasteiger partial charge in [0.15, 0.2) is 11.5 Å². The molecular weight excluding hydrogens is 429 g/mol. The van der Waals surface area contributed by atoms with Crippen molar-refractivity contribution in [3.8, 4) is 11.5 Å². The molecule has 0 aliphatic carbocycles.